The number of hydrogen-bond acceptors (Lipinski definition) is 4. The van der Waals surface area contributed by atoms with Crippen molar-refractivity contribution in [2.45, 2.75) is 136 Å². The smallest absolute Gasteiger partial charge is 0.399 e. The first-order chi connectivity index (χ1) is 19.1. The summed E-state index contributed by atoms with van der Waals surface area (Å²) < 4.78 is 24.7. The molecule has 2 heterocycles. The minimum atomic E-state index is -0.417. The van der Waals surface area contributed by atoms with Crippen molar-refractivity contribution < 1.29 is 18.6 Å². The molecule has 0 atom stereocenters. The third-order valence-electron chi connectivity index (χ3n) is 9.57. The molecule has 0 saturated carbocycles. The van der Waals surface area contributed by atoms with E-state index in [4.69, 9.17) is 41.8 Å². The first-order valence-electron chi connectivity index (χ1n) is 15.4. The lowest BCUT2D eigenvalue weighted by Gasteiger charge is -2.32. The highest BCUT2D eigenvalue weighted by Crippen LogP contribution is 2.38. The summed E-state index contributed by atoms with van der Waals surface area (Å²) in [6.07, 6.45) is 10.8. The van der Waals surface area contributed by atoms with E-state index in [2.05, 4.69) is 91.8 Å². The predicted molar refractivity (Wildman–Crippen MR) is 174 cm³/mol. The van der Waals surface area contributed by atoms with Gasteiger partial charge in [0.2, 0.25) is 0 Å². The van der Waals surface area contributed by atoms with Gasteiger partial charge in [-0.15, -0.1) is 0 Å². The summed E-state index contributed by atoms with van der Waals surface area (Å²) in [5.74, 6) is 0. The van der Waals surface area contributed by atoms with Crippen LogP contribution >= 0.6 is 23.2 Å². The van der Waals surface area contributed by atoms with Gasteiger partial charge in [0, 0.05) is 21.0 Å². The maximum absolute atomic E-state index is 6.64. The van der Waals surface area contributed by atoms with Gasteiger partial charge in [-0.25, -0.2) is 0 Å². The SMILES string of the molecule is CC1(C)OB(c2ccc(CCCCCCCCCc3ccc(B4OC(C)(C)C(C)(C)O4)c(Cl)c3)cc2Cl)OC1(C)C. The average Bonchev–Trinajstić information content (AvgIpc) is 3.22. The van der Waals surface area contributed by atoms with Crippen molar-refractivity contribution in [3.63, 3.8) is 0 Å². The van der Waals surface area contributed by atoms with Crippen LogP contribution in [0.5, 0.6) is 0 Å². The van der Waals surface area contributed by atoms with Gasteiger partial charge in [-0.1, -0.05) is 79.6 Å². The molecule has 41 heavy (non-hydrogen) atoms. The highest BCUT2D eigenvalue weighted by Gasteiger charge is 2.53. The fourth-order valence-electron chi connectivity index (χ4n) is 5.32. The van der Waals surface area contributed by atoms with Crippen molar-refractivity contribution in [3.05, 3.63) is 57.6 Å². The Morgan fingerprint density at radius 1 is 0.488 bits per heavy atom. The van der Waals surface area contributed by atoms with E-state index in [0.717, 1.165) is 33.8 Å². The lowest BCUT2D eigenvalue weighted by Crippen LogP contribution is -2.41. The van der Waals surface area contributed by atoms with E-state index in [1.807, 2.05) is 0 Å². The summed E-state index contributed by atoms with van der Waals surface area (Å²) in [7, 11) is -0.835. The van der Waals surface area contributed by atoms with Crippen LogP contribution in [0.25, 0.3) is 0 Å². The second kappa shape index (κ2) is 12.9. The van der Waals surface area contributed by atoms with Crippen molar-refractivity contribution >= 4 is 48.4 Å². The maximum Gasteiger partial charge on any atom is 0.496 e. The van der Waals surface area contributed by atoms with Crippen molar-refractivity contribution in [1.82, 2.24) is 0 Å². The molecule has 2 aromatic carbocycles. The number of hydrogen-bond donors (Lipinski definition) is 0. The Labute approximate surface area is 259 Å². The van der Waals surface area contributed by atoms with Gasteiger partial charge >= 0.3 is 14.2 Å². The Morgan fingerprint density at radius 2 is 0.780 bits per heavy atom. The van der Waals surface area contributed by atoms with E-state index in [-0.39, 0.29) is 22.4 Å². The Bertz CT molecular complexity index is 1070. The molecular weight excluding hydrogens is 553 g/mol. The minimum absolute atomic E-state index is 0.366. The summed E-state index contributed by atoms with van der Waals surface area (Å²) in [4.78, 5) is 0. The zero-order valence-electron chi connectivity index (χ0n) is 26.4. The minimum Gasteiger partial charge on any atom is -0.399 e. The predicted octanol–water partition coefficient (Wildman–Crippen LogP) is 8.11. The highest BCUT2D eigenvalue weighted by atomic mass is 35.5. The summed E-state index contributed by atoms with van der Waals surface area (Å²) in [5.41, 5.74) is 2.92. The molecule has 2 saturated heterocycles. The molecule has 2 aromatic rings. The molecule has 0 aromatic heterocycles. The van der Waals surface area contributed by atoms with Crippen LogP contribution in [0.1, 0.15) is 111 Å². The Kier molecular flexibility index (Phi) is 10.4. The zero-order chi connectivity index (χ0) is 30.1. The standard InChI is InChI=1S/C33H48B2Cl2O4/c1-30(2)31(3,4)39-34(38-30)26-20-18-24(22-28(26)36)16-14-12-10-9-11-13-15-17-25-19-21-27(29(37)23-25)35-40-32(5,6)33(7,8)41-35/h18-23H,9-17H2,1-8H3. The molecule has 4 nitrogen and oxygen atoms in total. The summed E-state index contributed by atoms with van der Waals surface area (Å²) in [5, 5.41) is 1.45. The third-order valence-corrected chi connectivity index (χ3v) is 10.2. The van der Waals surface area contributed by atoms with E-state index >= 15 is 0 Å². The van der Waals surface area contributed by atoms with Gasteiger partial charge in [0.05, 0.1) is 22.4 Å². The number of unbranched alkanes of at least 4 members (excludes halogenated alkanes) is 6. The van der Waals surface area contributed by atoms with Gasteiger partial charge in [0.15, 0.2) is 0 Å². The fraction of sp³-hybridized carbons (Fsp3) is 0.636. The molecule has 8 heteroatoms. The van der Waals surface area contributed by atoms with Gasteiger partial charge in [0.25, 0.3) is 0 Å². The molecule has 0 N–H and O–H groups in total. The normalized spacial score (nSPS) is 20.6. The molecule has 0 radical (unpaired) electrons. The topological polar surface area (TPSA) is 36.9 Å². The van der Waals surface area contributed by atoms with Crippen LogP contribution in [-0.4, -0.2) is 36.6 Å². The van der Waals surface area contributed by atoms with E-state index < -0.39 is 14.2 Å². The molecule has 0 spiro atoms. The molecule has 0 unspecified atom stereocenters. The van der Waals surface area contributed by atoms with Gasteiger partial charge in [-0.05, 0) is 104 Å². The van der Waals surface area contributed by atoms with E-state index in [0.29, 0.717) is 0 Å². The van der Waals surface area contributed by atoms with Crippen LogP contribution in [0.3, 0.4) is 0 Å². The monoisotopic (exact) mass is 600 g/mol. The zero-order valence-corrected chi connectivity index (χ0v) is 27.9. The van der Waals surface area contributed by atoms with Crippen LogP contribution < -0.4 is 10.9 Å². The van der Waals surface area contributed by atoms with E-state index in [1.165, 1.54) is 56.1 Å². The maximum atomic E-state index is 6.64. The number of rotatable bonds is 12. The summed E-state index contributed by atoms with van der Waals surface area (Å²) in [6, 6.07) is 12.6. The van der Waals surface area contributed by atoms with Crippen molar-refractivity contribution in [3.8, 4) is 0 Å². The Hall–Kier alpha value is -1.01. The molecule has 2 aliphatic rings. The van der Waals surface area contributed by atoms with Crippen molar-refractivity contribution in [2.75, 3.05) is 0 Å². The molecule has 4 rings (SSSR count). The number of aryl methyl sites for hydroxylation is 2. The first kappa shape index (κ1) is 32.9. The molecule has 224 valence electrons. The largest absolute Gasteiger partial charge is 0.496 e. The molecule has 0 amide bonds. The molecular formula is C33H48B2Cl2O4. The molecule has 2 fully saturated rings. The number of halogens is 2. The quantitative estimate of drug-likeness (QED) is 0.182. The summed E-state index contributed by atoms with van der Waals surface area (Å²) in [6.45, 7) is 16.5. The Morgan fingerprint density at radius 3 is 1.07 bits per heavy atom. The van der Waals surface area contributed by atoms with Gasteiger partial charge in [-0.3, -0.25) is 0 Å². The van der Waals surface area contributed by atoms with Crippen molar-refractivity contribution in [2.24, 2.45) is 0 Å². The second-order valence-electron chi connectivity index (χ2n) is 13.9. The first-order valence-corrected chi connectivity index (χ1v) is 16.2. The third kappa shape index (κ3) is 7.75. The summed E-state index contributed by atoms with van der Waals surface area (Å²) >= 11 is 13.3. The average molecular weight is 601 g/mol. The highest BCUT2D eigenvalue weighted by molar-refractivity contribution is 6.66. The molecule has 2 aliphatic heterocycles. The van der Waals surface area contributed by atoms with Gasteiger partial charge in [0.1, 0.15) is 0 Å². The number of benzene rings is 2. The lowest BCUT2D eigenvalue weighted by molar-refractivity contribution is 0.00578. The Balaban J connectivity index is 1.10. The fourth-order valence-corrected chi connectivity index (χ4v) is 5.90. The van der Waals surface area contributed by atoms with E-state index in [9.17, 15) is 0 Å². The van der Waals surface area contributed by atoms with Crippen LogP contribution in [0, 0.1) is 0 Å². The second-order valence-corrected chi connectivity index (χ2v) is 14.7. The van der Waals surface area contributed by atoms with Crippen LogP contribution in [0.15, 0.2) is 36.4 Å². The molecule has 0 bridgehead atoms. The van der Waals surface area contributed by atoms with E-state index in [1.54, 1.807) is 0 Å². The van der Waals surface area contributed by atoms with Gasteiger partial charge in [-0.2, -0.15) is 0 Å². The van der Waals surface area contributed by atoms with Crippen molar-refractivity contribution in [1.29, 1.82) is 0 Å². The molecule has 0 aliphatic carbocycles. The van der Waals surface area contributed by atoms with Crippen LogP contribution in [0.2, 0.25) is 10.0 Å². The van der Waals surface area contributed by atoms with Crippen LogP contribution in [-0.2, 0) is 31.5 Å². The lowest BCUT2D eigenvalue weighted by atomic mass is 9.78. The van der Waals surface area contributed by atoms with Gasteiger partial charge < -0.3 is 18.6 Å². The van der Waals surface area contributed by atoms with Crippen LogP contribution in [0.4, 0.5) is 0 Å².